The molecule has 1 aliphatic heterocycles. The van der Waals surface area contributed by atoms with Gasteiger partial charge in [-0.15, -0.1) is 0 Å². The monoisotopic (exact) mass is 384 g/mol. The highest BCUT2D eigenvalue weighted by atomic mass is 127. The van der Waals surface area contributed by atoms with Crippen LogP contribution in [0.2, 0.25) is 0 Å². The molecule has 3 rings (SSSR count). The van der Waals surface area contributed by atoms with Crippen LogP contribution in [0.25, 0.3) is 0 Å². The van der Waals surface area contributed by atoms with Crippen LogP contribution in [0.1, 0.15) is 44.6 Å². The minimum Gasteiger partial charge on any atom is -0.311 e. The second kappa shape index (κ2) is 6.32. The van der Waals surface area contributed by atoms with Crippen molar-refractivity contribution in [2.45, 2.75) is 57.2 Å². The van der Waals surface area contributed by atoms with Crippen LogP contribution in [0.15, 0.2) is 24.3 Å². The lowest BCUT2D eigenvalue weighted by atomic mass is 9.90. The molecule has 0 amide bonds. The highest BCUT2D eigenvalue weighted by Gasteiger charge is 2.42. The maximum absolute atomic E-state index is 3.78. The van der Waals surface area contributed by atoms with Crippen molar-refractivity contribution in [1.82, 2.24) is 10.2 Å². The summed E-state index contributed by atoms with van der Waals surface area (Å²) >= 11 is 2.38. The summed E-state index contributed by atoms with van der Waals surface area (Å²) in [6, 6.07) is 9.74. The zero-order valence-corrected chi connectivity index (χ0v) is 14.5. The van der Waals surface area contributed by atoms with Gasteiger partial charge in [-0.25, -0.2) is 0 Å². The predicted octanol–water partition coefficient (Wildman–Crippen LogP) is 3.79. The van der Waals surface area contributed by atoms with Gasteiger partial charge in [-0.05, 0) is 59.5 Å². The van der Waals surface area contributed by atoms with Crippen LogP contribution in [0, 0.1) is 3.57 Å². The fourth-order valence-corrected chi connectivity index (χ4v) is 4.17. The van der Waals surface area contributed by atoms with Crippen molar-refractivity contribution in [2.75, 3.05) is 13.1 Å². The molecule has 110 valence electrons. The quantitative estimate of drug-likeness (QED) is 0.798. The zero-order chi connectivity index (χ0) is 14.0. The maximum Gasteiger partial charge on any atom is 0.0338 e. The Balaban J connectivity index is 1.77. The molecule has 1 saturated heterocycles. The summed E-state index contributed by atoms with van der Waals surface area (Å²) in [5, 5.41) is 3.78. The first-order valence-corrected chi connectivity index (χ1v) is 9.03. The molecule has 1 unspecified atom stereocenters. The average molecular weight is 384 g/mol. The molecule has 1 aliphatic carbocycles. The second-order valence-corrected chi connectivity index (χ2v) is 7.67. The van der Waals surface area contributed by atoms with E-state index < -0.39 is 0 Å². The van der Waals surface area contributed by atoms with Gasteiger partial charge in [-0.2, -0.15) is 0 Å². The molecule has 1 aromatic carbocycles. The van der Waals surface area contributed by atoms with Crippen molar-refractivity contribution in [3.05, 3.63) is 33.4 Å². The summed E-state index contributed by atoms with van der Waals surface area (Å²) < 4.78 is 1.33. The van der Waals surface area contributed by atoms with Crippen molar-refractivity contribution in [1.29, 1.82) is 0 Å². The number of nitrogens with zero attached hydrogens (tertiary/aromatic N) is 1. The minimum atomic E-state index is 0.439. The van der Waals surface area contributed by atoms with Crippen LogP contribution < -0.4 is 5.32 Å². The van der Waals surface area contributed by atoms with Crippen LogP contribution in [-0.2, 0) is 6.54 Å². The molecule has 2 fully saturated rings. The van der Waals surface area contributed by atoms with Gasteiger partial charge in [0.05, 0.1) is 0 Å². The summed E-state index contributed by atoms with van der Waals surface area (Å²) in [4.78, 5) is 2.78. The lowest BCUT2D eigenvalue weighted by molar-refractivity contribution is 0.0349. The summed E-state index contributed by atoms with van der Waals surface area (Å²) in [6.07, 6.45) is 6.80. The van der Waals surface area contributed by atoms with Crippen molar-refractivity contribution < 1.29 is 0 Å². The third kappa shape index (κ3) is 3.04. The van der Waals surface area contributed by atoms with Crippen molar-refractivity contribution >= 4 is 22.6 Å². The summed E-state index contributed by atoms with van der Waals surface area (Å²) in [5.41, 5.74) is 1.91. The Labute approximate surface area is 136 Å². The van der Waals surface area contributed by atoms with Crippen molar-refractivity contribution in [2.24, 2.45) is 0 Å². The van der Waals surface area contributed by atoms with E-state index in [1.54, 1.807) is 0 Å². The van der Waals surface area contributed by atoms with Gasteiger partial charge in [0, 0.05) is 34.8 Å². The third-order valence-electron chi connectivity index (χ3n) is 5.15. The number of halogens is 1. The van der Waals surface area contributed by atoms with E-state index in [0.29, 0.717) is 11.6 Å². The number of rotatable bonds is 3. The Morgan fingerprint density at radius 2 is 1.95 bits per heavy atom. The van der Waals surface area contributed by atoms with Gasteiger partial charge in [0.2, 0.25) is 0 Å². The molecular formula is C17H25IN2. The number of hydrogen-bond donors (Lipinski definition) is 1. The van der Waals surface area contributed by atoms with Gasteiger partial charge >= 0.3 is 0 Å². The van der Waals surface area contributed by atoms with Crippen molar-refractivity contribution in [3.8, 4) is 0 Å². The fraction of sp³-hybridized carbons (Fsp3) is 0.647. The Kier molecular flexibility index (Phi) is 4.68. The number of nitrogens with one attached hydrogen (secondary N) is 1. The van der Waals surface area contributed by atoms with Crippen LogP contribution >= 0.6 is 22.6 Å². The fourth-order valence-electron chi connectivity index (χ4n) is 3.81. The average Bonchev–Trinajstić information content (AvgIpc) is 2.93. The third-order valence-corrected chi connectivity index (χ3v) is 5.86. The molecule has 1 atom stereocenters. The molecule has 0 aromatic heterocycles. The number of benzene rings is 1. The molecule has 2 aliphatic rings. The Hall–Kier alpha value is -0.130. The van der Waals surface area contributed by atoms with Gasteiger partial charge in [0.25, 0.3) is 0 Å². The normalized spacial score (nSPS) is 26.2. The minimum absolute atomic E-state index is 0.439. The highest BCUT2D eigenvalue weighted by molar-refractivity contribution is 14.1. The Bertz CT molecular complexity index is 437. The molecule has 20 heavy (non-hydrogen) atoms. The molecule has 0 bridgehead atoms. The first kappa shape index (κ1) is 14.8. The topological polar surface area (TPSA) is 15.3 Å². The molecule has 1 aromatic rings. The molecule has 3 heteroatoms. The molecular weight excluding hydrogens is 359 g/mol. The van der Waals surface area contributed by atoms with E-state index in [9.17, 15) is 0 Å². The largest absolute Gasteiger partial charge is 0.311 e. The van der Waals surface area contributed by atoms with Gasteiger partial charge in [-0.1, -0.05) is 31.9 Å². The van der Waals surface area contributed by atoms with Crippen LogP contribution in [0.4, 0.5) is 0 Å². The smallest absolute Gasteiger partial charge is 0.0338 e. The summed E-state index contributed by atoms with van der Waals surface area (Å²) in [7, 11) is 0. The summed E-state index contributed by atoms with van der Waals surface area (Å²) in [5.74, 6) is 0. The molecule has 0 radical (unpaired) electrons. The number of hydrogen-bond acceptors (Lipinski definition) is 2. The van der Waals surface area contributed by atoms with Gasteiger partial charge in [-0.3, -0.25) is 4.90 Å². The van der Waals surface area contributed by atoms with Crippen LogP contribution in [0.5, 0.6) is 0 Å². The molecule has 1 spiro atoms. The predicted molar refractivity (Wildman–Crippen MR) is 92.8 cm³/mol. The van der Waals surface area contributed by atoms with E-state index in [-0.39, 0.29) is 0 Å². The van der Waals surface area contributed by atoms with Crippen LogP contribution in [0.3, 0.4) is 0 Å². The number of piperazine rings is 1. The lowest BCUT2D eigenvalue weighted by Gasteiger charge is -2.48. The van der Waals surface area contributed by atoms with Gasteiger partial charge in [0.15, 0.2) is 0 Å². The van der Waals surface area contributed by atoms with E-state index in [2.05, 4.69) is 64.0 Å². The first-order valence-electron chi connectivity index (χ1n) is 7.95. The van der Waals surface area contributed by atoms with Crippen LogP contribution in [-0.4, -0.2) is 29.6 Å². The van der Waals surface area contributed by atoms with Gasteiger partial charge < -0.3 is 5.32 Å². The lowest BCUT2D eigenvalue weighted by Crippen LogP contribution is -2.62. The molecule has 1 heterocycles. The van der Waals surface area contributed by atoms with E-state index >= 15 is 0 Å². The van der Waals surface area contributed by atoms with E-state index in [0.717, 1.165) is 6.54 Å². The van der Waals surface area contributed by atoms with Gasteiger partial charge in [0.1, 0.15) is 0 Å². The molecule has 2 nitrogen and oxygen atoms in total. The SMILES string of the molecule is CCC1CN(Cc2ccc(I)cc2)C2(CCCC2)CN1. The highest BCUT2D eigenvalue weighted by Crippen LogP contribution is 2.38. The summed E-state index contributed by atoms with van der Waals surface area (Å²) in [6.45, 7) is 5.82. The molecule has 1 N–H and O–H groups in total. The Morgan fingerprint density at radius 3 is 2.60 bits per heavy atom. The first-order chi connectivity index (χ1) is 9.72. The second-order valence-electron chi connectivity index (χ2n) is 6.42. The zero-order valence-electron chi connectivity index (χ0n) is 12.4. The Morgan fingerprint density at radius 1 is 1.25 bits per heavy atom. The molecule has 1 saturated carbocycles. The maximum atomic E-state index is 3.78. The van der Waals surface area contributed by atoms with E-state index in [4.69, 9.17) is 0 Å². The van der Waals surface area contributed by atoms with Crippen molar-refractivity contribution in [3.63, 3.8) is 0 Å². The van der Waals surface area contributed by atoms with E-state index in [1.165, 1.54) is 54.3 Å². The standard InChI is InChI=1S/C17H25IN2/c1-2-16-12-20(11-14-5-7-15(18)8-6-14)17(13-19-16)9-3-4-10-17/h5-8,16,19H,2-4,9-13H2,1H3. The van der Waals surface area contributed by atoms with E-state index in [1.807, 2.05) is 0 Å².